The van der Waals surface area contributed by atoms with Gasteiger partial charge in [-0.3, -0.25) is 9.36 Å². The molecule has 0 spiro atoms. The van der Waals surface area contributed by atoms with E-state index in [1.807, 2.05) is 114 Å². The summed E-state index contributed by atoms with van der Waals surface area (Å²) < 4.78 is 15.3. The van der Waals surface area contributed by atoms with Gasteiger partial charge in [0.15, 0.2) is 5.82 Å². The van der Waals surface area contributed by atoms with Crippen LogP contribution in [0.1, 0.15) is 63.9 Å². The number of fused-ring (bicyclic) bond motifs is 2. The summed E-state index contributed by atoms with van der Waals surface area (Å²) in [6.45, 7) is 4.54. The predicted octanol–water partition coefficient (Wildman–Crippen LogP) is 10.8. The highest BCUT2D eigenvalue weighted by Gasteiger charge is 2.26. The third-order valence-corrected chi connectivity index (χ3v) is 11.0. The van der Waals surface area contributed by atoms with Gasteiger partial charge in [-0.05, 0) is 67.2 Å². The molecule has 3 heterocycles. The molecule has 0 saturated carbocycles. The number of carbonyl (C=O) groups is 1. The molecule has 0 N–H and O–H groups in total. The monoisotopic (exact) mass is 733 g/mol. The van der Waals surface area contributed by atoms with Crippen LogP contribution < -0.4 is 4.74 Å². The minimum Gasteiger partial charge on any atom is -0.493 e. The van der Waals surface area contributed by atoms with Crippen LogP contribution in [0.15, 0.2) is 144 Å². The topological polar surface area (TPSA) is 81.3 Å². The van der Waals surface area contributed by atoms with Crippen molar-refractivity contribution in [3.63, 3.8) is 0 Å². The van der Waals surface area contributed by atoms with Crippen LogP contribution in [0.3, 0.4) is 0 Å². The first-order valence-electron chi connectivity index (χ1n) is 18.8. The molecule has 0 aliphatic carbocycles. The molecule has 1 saturated heterocycles. The van der Waals surface area contributed by atoms with Crippen molar-refractivity contribution in [2.45, 2.75) is 45.1 Å². The molecular weight excluding hydrogens is 691 g/mol. The van der Waals surface area contributed by atoms with Gasteiger partial charge in [-0.25, -0.2) is 4.98 Å². The van der Waals surface area contributed by atoms with E-state index in [0.717, 1.165) is 51.0 Å². The zero-order valence-corrected chi connectivity index (χ0v) is 31.0. The molecule has 8 nitrogen and oxygen atoms in total. The number of azo groups is 1. The van der Waals surface area contributed by atoms with Crippen molar-refractivity contribution in [3.8, 4) is 5.75 Å². The molecule has 8 rings (SSSR count). The molecule has 272 valence electrons. The Balaban J connectivity index is 1.13. The van der Waals surface area contributed by atoms with Crippen LogP contribution in [0.2, 0.25) is 0 Å². The Bertz CT molecular complexity index is 2290. The molecular formula is C45H43N5O3S. The fourth-order valence-electron chi connectivity index (χ4n) is 7.09. The standard InChI is InChI=1S/C45H43N5O3S/c51-43(44-42(37-22-11-12-23-40(37)54-44)48-47-41(34-18-7-2-8-19-34)35-20-9-3-10-21-35)45-46-38-25-24-36(53-29-15-28-49-26-13-4-14-27-49)30-39(38)50(45)32-52-31-33-16-5-1-6-17-33/h1-3,5-12,16-25,30,41H,4,13-15,26-29,31-32H2. The average Bonchev–Trinajstić information content (AvgIpc) is 3.79. The van der Waals surface area contributed by atoms with Gasteiger partial charge in [0.05, 0.1) is 24.2 Å². The number of likely N-dealkylation sites (tertiary alicyclic amines) is 1. The Morgan fingerprint density at radius 1 is 0.796 bits per heavy atom. The number of aromatic nitrogens is 2. The van der Waals surface area contributed by atoms with Gasteiger partial charge < -0.3 is 14.4 Å². The van der Waals surface area contributed by atoms with E-state index < -0.39 is 0 Å². The molecule has 2 aromatic heterocycles. The predicted molar refractivity (Wildman–Crippen MR) is 216 cm³/mol. The van der Waals surface area contributed by atoms with Gasteiger partial charge in [-0.1, -0.05) is 116 Å². The minimum atomic E-state index is -0.344. The molecule has 0 bridgehead atoms. The van der Waals surface area contributed by atoms with Crippen LogP contribution in [-0.2, 0) is 18.1 Å². The fraction of sp³-hybridized carbons (Fsp3) is 0.244. The lowest BCUT2D eigenvalue weighted by atomic mass is 10.00. The van der Waals surface area contributed by atoms with E-state index in [-0.39, 0.29) is 24.4 Å². The molecule has 0 radical (unpaired) electrons. The lowest BCUT2D eigenvalue weighted by molar-refractivity contribution is 0.0635. The third-order valence-electron chi connectivity index (χ3n) is 9.87. The third kappa shape index (κ3) is 8.19. The minimum absolute atomic E-state index is 0.136. The quantitative estimate of drug-likeness (QED) is 0.0595. The maximum absolute atomic E-state index is 14.8. The number of thiophene rings is 1. The van der Waals surface area contributed by atoms with Crippen LogP contribution in [-0.4, -0.2) is 46.5 Å². The van der Waals surface area contributed by atoms with E-state index in [1.165, 1.54) is 43.7 Å². The number of rotatable bonds is 15. The summed E-state index contributed by atoms with van der Waals surface area (Å²) in [7, 11) is 0. The first kappa shape index (κ1) is 35.5. The summed E-state index contributed by atoms with van der Waals surface area (Å²) >= 11 is 1.41. The van der Waals surface area contributed by atoms with Crippen molar-refractivity contribution in [3.05, 3.63) is 161 Å². The Morgan fingerprint density at radius 3 is 2.22 bits per heavy atom. The number of carbonyl (C=O) groups excluding carboxylic acids is 1. The largest absolute Gasteiger partial charge is 0.493 e. The van der Waals surface area contributed by atoms with E-state index in [2.05, 4.69) is 29.2 Å². The Hall–Kier alpha value is -5.48. The summed E-state index contributed by atoms with van der Waals surface area (Å²) in [5, 5.41) is 10.7. The van der Waals surface area contributed by atoms with E-state index in [9.17, 15) is 4.79 Å². The maximum Gasteiger partial charge on any atom is 0.240 e. The molecule has 5 aromatic carbocycles. The Labute approximate surface area is 319 Å². The Kier molecular flexibility index (Phi) is 11.3. The molecule has 54 heavy (non-hydrogen) atoms. The van der Waals surface area contributed by atoms with Crippen molar-refractivity contribution < 1.29 is 14.3 Å². The highest BCUT2D eigenvalue weighted by atomic mass is 32.1. The van der Waals surface area contributed by atoms with Gasteiger partial charge in [0.2, 0.25) is 5.78 Å². The molecule has 1 aliphatic heterocycles. The number of ketones is 1. The zero-order valence-electron chi connectivity index (χ0n) is 30.2. The van der Waals surface area contributed by atoms with Crippen molar-refractivity contribution in [1.29, 1.82) is 0 Å². The summed E-state index contributed by atoms with van der Waals surface area (Å²) in [6, 6.07) is 43.7. The van der Waals surface area contributed by atoms with Crippen LogP contribution in [0, 0.1) is 0 Å². The van der Waals surface area contributed by atoms with Crippen LogP contribution in [0.4, 0.5) is 5.69 Å². The summed E-state index contributed by atoms with van der Waals surface area (Å²) in [5.74, 6) is 0.796. The van der Waals surface area contributed by atoms with Crippen molar-refractivity contribution in [1.82, 2.24) is 14.5 Å². The van der Waals surface area contributed by atoms with Crippen LogP contribution in [0.5, 0.6) is 5.75 Å². The lowest BCUT2D eigenvalue weighted by Gasteiger charge is -2.26. The highest BCUT2D eigenvalue weighted by Crippen LogP contribution is 2.41. The van der Waals surface area contributed by atoms with Crippen molar-refractivity contribution in [2.75, 3.05) is 26.2 Å². The smallest absolute Gasteiger partial charge is 0.240 e. The van der Waals surface area contributed by atoms with E-state index >= 15 is 0 Å². The summed E-state index contributed by atoms with van der Waals surface area (Å²) in [6.07, 6.45) is 4.85. The van der Waals surface area contributed by atoms with Gasteiger partial charge >= 0.3 is 0 Å². The second-order valence-corrected chi connectivity index (χ2v) is 14.7. The van der Waals surface area contributed by atoms with E-state index in [4.69, 9.17) is 24.7 Å². The molecule has 1 aliphatic rings. The van der Waals surface area contributed by atoms with Gasteiger partial charge in [0, 0.05) is 22.7 Å². The molecule has 0 unspecified atom stereocenters. The second kappa shape index (κ2) is 17.1. The van der Waals surface area contributed by atoms with Gasteiger partial charge in [0.1, 0.15) is 29.1 Å². The fourth-order valence-corrected chi connectivity index (χ4v) is 8.16. The number of piperidine rings is 1. The molecule has 0 atom stereocenters. The molecule has 9 heteroatoms. The van der Waals surface area contributed by atoms with Gasteiger partial charge in [-0.15, -0.1) is 11.3 Å². The molecule has 0 amide bonds. The zero-order chi connectivity index (χ0) is 36.5. The van der Waals surface area contributed by atoms with Gasteiger partial charge in [0.25, 0.3) is 0 Å². The highest BCUT2D eigenvalue weighted by molar-refractivity contribution is 7.21. The average molecular weight is 734 g/mol. The van der Waals surface area contributed by atoms with E-state index in [0.29, 0.717) is 29.3 Å². The summed E-state index contributed by atoms with van der Waals surface area (Å²) in [5.41, 5.74) is 5.09. The van der Waals surface area contributed by atoms with Crippen molar-refractivity contribution in [2.24, 2.45) is 10.2 Å². The molecule has 7 aromatic rings. The number of imidazole rings is 1. The first-order chi connectivity index (χ1) is 26.7. The SMILES string of the molecule is O=C(c1sc2ccccc2c1N=NC(c1ccccc1)c1ccccc1)c1nc2ccc(OCCCN3CCCCC3)cc2n1COCc1ccccc1. The number of hydrogen-bond donors (Lipinski definition) is 0. The van der Waals surface area contributed by atoms with Gasteiger partial charge in [-0.2, -0.15) is 10.2 Å². The van der Waals surface area contributed by atoms with Crippen LogP contribution >= 0.6 is 11.3 Å². The van der Waals surface area contributed by atoms with Crippen molar-refractivity contribution >= 4 is 43.9 Å². The lowest BCUT2D eigenvalue weighted by Crippen LogP contribution is -2.31. The normalized spacial score (nSPS) is 13.7. The number of benzene rings is 5. The number of nitrogens with zero attached hydrogens (tertiary/aromatic N) is 5. The summed E-state index contributed by atoms with van der Waals surface area (Å²) in [4.78, 5) is 22.8. The molecule has 1 fully saturated rings. The first-order valence-corrected chi connectivity index (χ1v) is 19.6. The maximum atomic E-state index is 14.8. The number of hydrogen-bond acceptors (Lipinski definition) is 8. The number of ether oxygens (including phenoxy) is 2. The Morgan fingerprint density at radius 2 is 1.48 bits per heavy atom. The van der Waals surface area contributed by atoms with E-state index in [1.54, 1.807) is 0 Å². The van der Waals surface area contributed by atoms with Crippen LogP contribution in [0.25, 0.3) is 21.1 Å². The second-order valence-electron chi connectivity index (χ2n) is 13.6.